The molecule has 1 aromatic carbocycles. The third kappa shape index (κ3) is 2.47. The number of nitrogens with one attached hydrogen (secondary N) is 1. The molecule has 0 aliphatic heterocycles. The van der Waals surface area contributed by atoms with E-state index in [0.717, 1.165) is 12.1 Å². The number of methoxy groups -OCH3 is 1. The highest BCUT2D eigenvalue weighted by atomic mass is 19.1. The number of benzene rings is 1. The quantitative estimate of drug-likeness (QED) is 0.730. The average molecular weight is 203 g/mol. The maximum absolute atomic E-state index is 13.2. The Kier molecular flexibility index (Phi) is 3.94. The van der Waals surface area contributed by atoms with E-state index in [1.54, 1.807) is 5.48 Å². The van der Waals surface area contributed by atoms with Crippen LogP contribution in [0.4, 0.5) is 8.78 Å². The minimum atomic E-state index is -0.569. The minimum Gasteiger partial charge on any atom is -0.380 e. The van der Waals surface area contributed by atoms with E-state index >= 15 is 0 Å². The standard InChI is InChI=1S/C9H11F2NO2/c1-14-5-7-3-8(10)6(4-12-13)2-9(7)11/h2-3,12-13H,4-5H2,1H3. The molecular weight excluding hydrogens is 192 g/mol. The monoisotopic (exact) mass is 203 g/mol. The van der Waals surface area contributed by atoms with Gasteiger partial charge in [-0.1, -0.05) is 0 Å². The topological polar surface area (TPSA) is 41.5 Å². The molecule has 0 spiro atoms. The second kappa shape index (κ2) is 4.99. The third-order valence-corrected chi connectivity index (χ3v) is 1.78. The van der Waals surface area contributed by atoms with Crippen molar-refractivity contribution in [3.8, 4) is 0 Å². The lowest BCUT2D eigenvalue weighted by Gasteiger charge is -2.06. The Morgan fingerprint density at radius 2 is 1.86 bits per heavy atom. The van der Waals surface area contributed by atoms with E-state index in [1.165, 1.54) is 7.11 Å². The van der Waals surface area contributed by atoms with Crippen molar-refractivity contribution in [2.75, 3.05) is 7.11 Å². The van der Waals surface area contributed by atoms with Gasteiger partial charge in [-0.05, 0) is 12.1 Å². The summed E-state index contributed by atoms with van der Waals surface area (Å²) in [5.41, 5.74) is 2.00. The number of hydrogen-bond acceptors (Lipinski definition) is 3. The predicted molar refractivity (Wildman–Crippen MR) is 45.7 cm³/mol. The maximum Gasteiger partial charge on any atom is 0.129 e. The summed E-state index contributed by atoms with van der Waals surface area (Å²) >= 11 is 0. The molecule has 1 aromatic rings. The SMILES string of the molecule is COCc1cc(F)c(CNO)cc1F. The first-order valence-corrected chi connectivity index (χ1v) is 4.01. The van der Waals surface area contributed by atoms with Gasteiger partial charge in [0, 0.05) is 24.8 Å². The molecule has 0 saturated carbocycles. The molecule has 0 aliphatic carbocycles. The average Bonchev–Trinajstić information content (AvgIpc) is 2.14. The lowest BCUT2D eigenvalue weighted by Crippen LogP contribution is -2.09. The summed E-state index contributed by atoms with van der Waals surface area (Å²) in [6, 6.07) is 2.10. The molecular formula is C9H11F2NO2. The normalized spacial score (nSPS) is 10.6. The first-order chi connectivity index (χ1) is 6.69. The Bertz CT molecular complexity index is 286. The molecule has 0 fully saturated rings. The van der Waals surface area contributed by atoms with Crippen LogP contribution in [0.25, 0.3) is 0 Å². The van der Waals surface area contributed by atoms with Gasteiger partial charge in [0.15, 0.2) is 0 Å². The van der Waals surface area contributed by atoms with E-state index in [9.17, 15) is 8.78 Å². The van der Waals surface area contributed by atoms with Gasteiger partial charge in [-0.25, -0.2) is 14.3 Å². The summed E-state index contributed by atoms with van der Waals surface area (Å²) in [5.74, 6) is -1.11. The molecule has 0 bridgehead atoms. The van der Waals surface area contributed by atoms with Crippen molar-refractivity contribution in [1.82, 2.24) is 5.48 Å². The van der Waals surface area contributed by atoms with Crippen molar-refractivity contribution in [2.45, 2.75) is 13.2 Å². The van der Waals surface area contributed by atoms with Crippen LogP contribution < -0.4 is 5.48 Å². The highest BCUT2D eigenvalue weighted by molar-refractivity contribution is 5.25. The molecule has 0 radical (unpaired) electrons. The van der Waals surface area contributed by atoms with Crippen LogP contribution in [-0.4, -0.2) is 12.3 Å². The van der Waals surface area contributed by atoms with Gasteiger partial charge in [-0.3, -0.25) is 0 Å². The number of rotatable bonds is 4. The largest absolute Gasteiger partial charge is 0.380 e. The van der Waals surface area contributed by atoms with E-state index in [0.29, 0.717) is 0 Å². The van der Waals surface area contributed by atoms with Crippen LogP contribution in [0.15, 0.2) is 12.1 Å². The molecule has 5 heteroatoms. The Hall–Kier alpha value is -1.04. The molecule has 0 saturated heterocycles. The summed E-state index contributed by atoms with van der Waals surface area (Å²) < 4.78 is 31.0. The van der Waals surface area contributed by atoms with Crippen molar-refractivity contribution in [2.24, 2.45) is 0 Å². The number of ether oxygens (including phenoxy) is 1. The first kappa shape index (κ1) is 11.0. The highest BCUT2D eigenvalue weighted by Gasteiger charge is 2.09. The van der Waals surface area contributed by atoms with Gasteiger partial charge in [-0.15, -0.1) is 0 Å². The highest BCUT2D eigenvalue weighted by Crippen LogP contribution is 2.15. The van der Waals surface area contributed by atoms with Crippen LogP contribution >= 0.6 is 0 Å². The van der Waals surface area contributed by atoms with Crippen molar-refractivity contribution in [1.29, 1.82) is 0 Å². The molecule has 0 atom stereocenters. The van der Waals surface area contributed by atoms with Crippen LogP contribution in [-0.2, 0) is 17.9 Å². The van der Waals surface area contributed by atoms with E-state index < -0.39 is 11.6 Å². The van der Waals surface area contributed by atoms with Crippen LogP contribution in [0.1, 0.15) is 11.1 Å². The Balaban J connectivity index is 2.97. The van der Waals surface area contributed by atoms with Crippen molar-refractivity contribution < 1.29 is 18.7 Å². The molecule has 0 heterocycles. The van der Waals surface area contributed by atoms with Gasteiger partial charge in [-0.2, -0.15) is 0 Å². The van der Waals surface area contributed by atoms with E-state index in [1.807, 2.05) is 0 Å². The molecule has 0 aliphatic rings. The zero-order valence-corrected chi connectivity index (χ0v) is 7.68. The smallest absolute Gasteiger partial charge is 0.129 e. The summed E-state index contributed by atoms with van der Waals surface area (Å²) in [4.78, 5) is 0. The van der Waals surface area contributed by atoms with Crippen molar-refractivity contribution in [3.05, 3.63) is 34.9 Å². The zero-order chi connectivity index (χ0) is 10.6. The molecule has 3 nitrogen and oxygen atoms in total. The molecule has 0 amide bonds. The molecule has 14 heavy (non-hydrogen) atoms. The van der Waals surface area contributed by atoms with E-state index in [4.69, 9.17) is 9.94 Å². The molecule has 0 unspecified atom stereocenters. The second-order valence-electron chi connectivity index (χ2n) is 2.80. The lowest BCUT2D eigenvalue weighted by molar-refractivity contribution is 0.159. The first-order valence-electron chi connectivity index (χ1n) is 4.01. The van der Waals surface area contributed by atoms with E-state index in [-0.39, 0.29) is 24.3 Å². The summed E-state index contributed by atoms with van der Waals surface area (Å²) in [6.45, 7) is -0.106. The Morgan fingerprint density at radius 1 is 1.29 bits per heavy atom. The van der Waals surface area contributed by atoms with Crippen LogP contribution in [0, 0.1) is 11.6 Å². The van der Waals surface area contributed by atoms with Crippen LogP contribution in [0.2, 0.25) is 0 Å². The van der Waals surface area contributed by atoms with Gasteiger partial charge in [0.2, 0.25) is 0 Å². The van der Waals surface area contributed by atoms with Crippen molar-refractivity contribution in [3.63, 3.8) is 0 Å². The van der Waals surface area contributed by atoms with Crippen molar-refractivity contribution >= 4 is 0 Å². The molecule has 0 aromatic heterocycles. The second-order valence-corrected chi connectivity index (χ2v) is 2.80. The number of halogens is 2. The third-order valence-electron chi connectivity index (χ3n) is 1.78. The maximum atomic E-state index is 13.2. The summed E-state index contributed by atoms with van der Waals surface area (Å²) in [5, 5.41) is 8.34. The fourth-order valence-corrected chi connectivity index (χ4v) is 1.12. The fraction of sp³-hybridized carbons (Fsp3) is 0.333. The lowest BCUT2D eigenvalue weighted by atomic mass is 10.1. The molecule has 78 valence electrons. The fourth-order valence-electron chi connectivity index (χ4n) is 1.12. The minimum absolute atomic E-state index is 0.0234. The molecule has 1 rings (SSSR count). The van der Waals surface area contributed by atoms with Crippen LogP contribution in [0.3, 0.4) is 0 Å². The number of hydrogen-bond donors (Lipinski definition) is 2. The van der Waals surface area contributed by atoms with Crippen LogP contribution in [0.5, 0.6) is 0 Å². The Labute approximate surface area is 80.3 Å². The van der Waals surface area contributed by atoms with Gasteiger partial charge in [0.25, 0.3) is 0 Å². The van der Waals surface area contributed by atoms with Gasteiger partial charge in [0.1, 0.15) is 11.6 Å². The summed E-state index contributed by atoms with van der Waals surface area (Å²) in [6.07, 6.45) is 0. The number of hydroxylamine groups is 1. The van der Waals surface area contributed by atoms with Gasteiger partial charge in [0.05, 0.1) is 6.61 Å². The van der Waals surface area contributed by atoms with E-state index in [2.05, 4.69) is 0 Å². The zero-order valence-electron chi connectivity index (χ0n) is 7.68. The van der Waals surface area contributed by atoms with Gasteiger partial charge < -0.3 is 9.94 Å². The summed E-state index contributed by atoms with van der Waals surface area (Å²) in [7, 11) is 1.40. The molecule has 2 N–H and O–H groups in total. The Morgan fingerprint density at radius 3 is 2.43 bits per heavy atom. The predicted octanol–water partition coefficient (Wildman–Crippen LogP) is 1.59. The van der Waals surface area contributed by atoms with Gasteiger partial charge >= 0.3 is 0 Å².